The summed E-state index contributed by atoms with van der Waals surface area (Å²) in [5.41, 5.74) is 1.81. The number of sulfone groups is 1. The topological polar surface area (TPSA) is 134 Å². The summed E-state index contributed by atoms with van der Waals surface area (Å²) in [5.74, 6) is -1.43. The first-order chi connectivity index (χ1) is 17.9. The van der Waals surface area contributed by atoms with Crippen LogP contribution >= 0.6 is 11.6 Å². The molecule has 2 atom stereocenters. The summed E-state index contributed by atoms with van der Waals surface area (Å²) in [5, 5.41) is 7.12. The van der Waals surface area contributed by atoms with Crippen molar-refractivity contribution in [2.75, 3.05) is 16.8 Å². The molecule has 4 rings (SSSR count). The Morgan fingerprint density at radius 1 is 1.24 bits per heavy atom. The number of para-hydroxylation sites is 1. The lowest BCUT2D eigenvalue weighted by molar-refractivity contribution is -0.148. The smallest absolute Gasteiger partial charge is 0.331 e. The highest BCUT2D eigenvalue weighted by atomic mass is 35.5. The van der Waals surface area contributed by atoms with Crippen molar-refractivity contribution in [1.82, 2.24) is 19.1 Å². The van der Waals surface area contributed by atoms with Gasteiger partial charge in [0.05, 0.1) is 34.6 Å². The molecule has 11 nitrogen and oxygen atoms in total. The predicted octanol–water partition coefficient (Wildman–Crippen LogP) is 2.59. The number of amides is 1. The van der Waals surface area contributed by atoms with Crippen LogP contribution < -0.4 is 10.9 Å². The van der Waals surface area contributed by atoms with Crippen molar-refractivity contribution in [3.63, 3.8) is 0 Å². The fourth-order valence-corrected chi connectivity index (χ4v) is 6.35. The number of aromatic nitrogens is 4. The van der Waals surface area contributed by atoms with Crippen LogP contribution in [0.5, 0.6) is 0 Å². The van der Waals surface area contributed by atoms with E-state index in [-0.39, 0.29) is 28.4 Å². The van der Waals surface area contributed by atoms with E-state index in [4.69, 9.17) is 16.3 Å². The van der Waals surface area contributed by atoms with E-state index in [1.54, 1.807) is 49.8 Å². The Hall–Kier alpha value is -3.64. The molecule has 2 aromatic heterocycles. The number of benzene rings is 1. The van der Waals surface area contributed by atoms with Crippen LogP contribution in [-0.4, -0.2) is 57.0 Å². The van der Waals surface area contributed by atoms with Gasteiger partial charge in [-0.3, -0.25) is 14.3 Å². The molecule has 0 saturated carbocycles. The van der Waals surface area contributed by atoms with Crippen LogP contribution in [0.1, 0.15) is 36.3 Å². The van der Waals surface area contributed by atoms with E-state index >= 15 is 0 Å². The zero-order chi connectivity index (χ0) is 27.8. The zero-order valence-corrected chi connectivity index (χ0v) is 22.9. The SMILES string of the molecule is Cc1nn(C2CCS(=O)(=O)C2)c(Cl)c1C=CC(=O)OC(C)C(=O)Nc1c(C)n(C)n(-c2ccccc2)c1=O. The lowest BCUT2D eigenvalue weighted by Crippen LogP contribution is -2.31. The maximum Gasteiger partial charge on any atom is 0.331 e. The van der Waals surface area contributed by atoms with Gasteiger partial charge in [-0.05, 0) is 45.4 Å². The van der Waals surface area contributed by atoms with Gasteiger partial charge in [-0.15, -0.1) is 0 Å². The van der Waals surface area contributed by atoms with Gasteiger partial charge in [0.25, 0.3) is 11.5 Å². The Bertz CT molecular complexity index is 1590. The molecule has 1 aliphatic rings. The van der Waals surface area contributed by atoms with Crippen molar-refractivity contribution in [3.05, 3.63) is 68.9 Å². The molecule has 13 heteroatoms. The van der Waals surface area contributed by atoms with Gasteiger partial charge >= 0.3 is 5.97 Å². The van der Waals surface area contributed by atoms with Crippen LogP contribution in [0.3, 0.4) is 0 Å². The van der Waals surface area contributed by atoms with Gasteiger partial charge in [-0.25, -0.2) is 22.6 Å². The van der Waals surface area contributed by atoms with Crippen molar-refractivity contribution in [1.29, 1.82) is 0 Å². The van der Waals surface area contributed by atoms with Crippen molar-refractivity contribution in [2.24, 2.45) is 7.05 Å². The summed E-state index contributed by atoms with van der Waals surface area (Å²) in [7, 11) is -1.42. The van der Waals surface area contributed by atoms with E-state index in [9.17, 15) is 22.8 Å². The first-order valence-electron chi connectivity index (χ1n) is 11.9. The molecular formula is C25H28ClN5O6S. The number of carbonyl (C=O) groups excluding carboxylic acids is 2. The van der Waals surface area contributed by atoms with E-state index in [1.807, 2.05) is 6.07 Å². The number of aryl methyl sites for hydroxylation is 1. The monoisotopic (exact) mass is 561 g/mol. The van der Waals surface area contributed by atoms with Gasteiger partial charge in [-0.1, -0.05) is 29.8 Å². The van der Waals surface area contributed by atoms with E-state index in [0.717, 1.165) is 6.08 Å². The van der Waals surface area contributed by atoms with E-state index in [2.05, 4.69) is 10.4 Å². The first kappa shape index (κ1) is 27.4. The molecule has 1 aromatic carbocycles. The zero-order valence-electron chi connectivity index (χ0n) is 21.3. The number of halogens is 1. The Balaban J connectivity index is 1.43. The Morgan fingerprint density at radius 2 is 1.92 bits per heavy atom. The lowest BCUT2D eigenvalue weighted by Gasteiger charge is -2.11. The van der Waals surface area contributed by atoms with Crippen LogP contribution in [0.15, 0.2) is 41.2 Å². The minimum atomic E-state index is -3.13. The summed E-state index contributed by atoms with van der Waals surface area (Å²) in [6.07, 6.45) is 1.75. The molecule has 0 bridgehead atoms. The quantitative estimate of drug-likeness (QED) is 0.346. The molecule has 0 spiro atoms. The molecule has 3 aromatic rings. The molecule has 1 fully saturated rings. The van der Waals surface area contributed by atoms with Crippen LogP contribution in [0, 0.1) is 13.8 Å². The highest BCUT2D eigenvalue weighted by Crippen LogP contribution is 2.30. The molecule has 3 heterocycles. The van der Waals surface area contributed by atoms with Crippen LogP contribution in [-0.2, 0) is 31.2 Å². The fourth-order valence-electron chi connectivity index (χ4n) is 4.29. The van der Waals surface area contributed by atoms with E-state index in [0.29, 0.717) is 29.1 Å². The molecular weight excluding hydrogens is 534 g/mol. The fraction of sp³-hybridized carbons (Fsp3) is 0.360. The summed E-state index contributed by atoms with van der Waals surface area (Å²) < 4.78 is 33.4. The second kappa shape index (κ2) is 10.6. The molecule has 0 aliphatic carbocycles. The minimum Gasteiger partial charge on any atom is -0.449 e. The summed E-state index contributed by atoms with van der Waals surface area (Å²) in [6, 6.07) is 8.62. The number of hydrogen-bond acceptors (Lipinski definition) is 7. The van der Waals surface area contributed by atoms with Gasteiger partial charge in [0, 0.05) is 18.7 Å². The van der Waals surface area contributed by atoms with Crippen molar-refractivity contribution >= 4 is 45.1 Å². The third-order valence-corrected chi connectivity index (χ3v) is 8.60. The lowest BCUT2D eigenvalue weighted by atomic mass is 10.2. The average Bonchev–Trinajstić information content (AvgIpc) is 3.44. The van der Waals surface area contributed by atoms with Gasteiger partial charge < -0.3 is 10.1 Å². The van der Waals surface area contributed by atoms with Crippen molar-refractivity contribution in [2.45, 2.75) is 39.3 Å². The Kier molecular flexibility index (Phi) is 7.65. The van der Waals surface area contributed by atoms with Crippen LogP contribution in [0.2, 0.25) is 5.15 Å². The summed E-state index contributed by atoms with van der Waals surface area (Å²) in [4.78, 5) is 38.2. The third-order valence-electron chi connectivity index (χ3n) is 6.48. The highest BCUT2D eigenvalue weighted by molar-refractivity contribution is 7.91. The number of nitrogens with one attached hydrogen (secondary N) is 1. The normalized spacial score (nSPS) is 17.6. The molecule has 1 amide bonds. The predicted molar refractivity (Wildman–Crippen MR) is 143 cm³/mol. The molecule has 1 saturated heterocycles. The van der Waals surface area contributed by atoms with Gasteiger partial charge in [-0.2, -0.15) is 5.10 Å². The number of nitrogens with zero attached hydrogens (tertiary/aromatic N) is 4. The van der Waals surface area contributed by atoms with Gasteiger partial charge in [0.1, 0.15) is 10.8 Å². The number of carbonyl (C=O) groups is 2. The largest absolute Gasteiger partial charge is 0.449 e. The number of hydrogen-bond donors (Lipinski definition) is 1. The summed E-state index contributed by atoms with van der Waals surface area (Å²) >= 11 is 6.43. The Labute approximate surface area is 224 Å². The number of esters is 1. The third kappa shape index (κ3) is 5.46. The molecule has 38 heavy (non-hydrogen) atoms. The first-order valence-corrected chi connectivity index (χ1v) is 14.1. The minimum absolute atomic E-state index is 0.0387. The molecule has 0 radical (unpaired) electrons. The van der Waals surface area contributed by atoms with Gasteiger partial charge in [0.2, 0.25) is 0 Å². The highest BCUT2D eigenvalue weighted by Gasteiger charge is 2.32. The number of rotatable bonds is 7. The number of anilines is 1. The van der Waals surface area contributed by atoms with Crippen molar-refractivity contribution in [3.8, 4) is 5.69 Å². The number of ether oxygens (including phenoxy) is 1. The molecule has 1 N–H and O–H groups in total. The maximum atomic E-state index is 13.0. The molecule has 1 aliphatic heterocycles. The van der Waals surface area contributed by atoms with Crippen molar-refractivity contribution < 1.29 is 22.7 Å². The summed E-state index contributed by atoms with van der Waals surface area (Å²) in [6.45, 7) is 4.78. The van der Waals surface area contributed by atoms with Crippen LogP contribution in [0.25, 0.3) is 11.8 Å². The maximum absolute atomic E-state index is 13.0. The second-order valence-corrected chi connectivity index (χ2v) is 11.7. The molecule has 202 valence electrons. The molecule has 2 unspecified atom stereocenters. The second-order valence-electron chi connectivity index (χ2n) is 9.13. The van der Waals surface area contributed by atoms with E-state index < -0.39 is 33.4 Å². The van der Waals surface area contributed by atoms with Gasteiger partial charge in [0.15, 0.2) is 15.9 Å². The Morgan fingerprint density at radius 3 is 2.55 bits per heavy atom. The van der Waals surface area contributed by atoms with Crippen LogP contribution in [0.4, 0.5) is 5.69 Å². The standard InChI is InChI=1S/C25H28ClN5O6S/c1-15-20(23(26)30(28-15)19-12-13-38(35,36)14-19)10-11-21(32)37-17(3)24(33)27-22-16(2)29(4)31(25(22)34)18-8-6-5-7-9-18/h5-11,17,19H,12-14H2,1-4H3,(H,27,33). The average molecular weight is 562 g/mol. The van der Waals surface area contributed by atoms with E-state index in [1.165, 1.54) is 22.4 Å².